The van der Waals surface area contributed by atoms with Crippen molar-refractivity contribution in [3.8, 4) is 0 Å². The molecule has 3 aromatic rings. The number of esters is 1. The van der Waals surface area contributed by atoms with Gasteiger partial charge in [-0.15, -0.1) is 0 Å². The lowest BCUT2D eigenvalue weighted by molar-refractivity contribution is -0.198. The highest BCUT2D eigenvalue weighted by Gasteiger charge is 2.56. The molecular formula is C28H32O3. The Kier molecular flexibility index (Phi) is 6.66. The van der Waals surface area contributed by atoms with Gasteiger partial charge < -0.3 is 9.47 Å². The molecule has 0 aromatic heterocycles. The van der Waals surface area contributed by atoms with Crippen molar-refractivity contribution in [1.29, 1.82) is 0 Å². The Labute approximate surface area is 186 Å². The van der Waals surface area contributed by atoms with Gasteiger partial charge in [0.2, 0.25) is 0 Å². The van der Waals surface area contributed by atoms with Gasteiger partial charge in [0.05, 0.1) is 0 Å². The molecule has 0 N–H and O–H groups in total. The first-order valence-electron chi connectivity index (χ1n) is 10.8. The van der Waals surface area contributed by atoms with E-state index in [1.807, 2.05) is 126 Å². The van der Waals surface area contributed by atoms with Crippen molar-refractivity contribution in [3.05, 3.63) is 108 Å². The molecule has 31 heavy (non-hydrogen) atoms. The standard InChI is InChI=1S/C28H32O3/c1-6-30-28(24-20-14-9-15-21-24,26(2,3)22-16-10-7-11-17-22)25(29)31-27(4,5)23-18-12-8-13-19-23/h7-21H,6H2,1-5H3. The molecule has 1 unspecified atom stereocenters. The number of hydrogen-bond donors (Lipinski definition) is 0. The molecule has 0 aliphatic rings. The maximum atomic E-state index is 14.1. The highest BCUT2D eigenvalue weighted by atomic mass is 16.6. The van der Waals surface area contributed by atoms with Gasteiger partial charge in [0.25, 0.3) is 0 Å². The van der Waals surface area contributed by atoms with Crippen molar-refractivity contribution in [2.24, 2.45) is 0 Å². The van der Waals surface area contributed by atoms with Crippen LogP contribution < -0.4 is 0 Å². The van der Waals surface area contributed by atoms with E-state index in [0.717, 1.165) is 16.7 Å². The van der Waals surface area contributed by atoms with Crippen LogP contribution in [0.15, 0.2) is 91.0 Å². The van der Waals surface area contributed by atoms with Crippen LogP contribution in [0.4, 0.5) is 0 Å². The number of hydrogen-bond acceptors (Lipinski definition) is 3. The SMILES string of the molecule is CCOC(C(=O)OC(C)(C)c1ccccc1)(c1ccccc1)C(C)(C)c1ccccc1. The highest BCUT2D eigenvalue weighted by molar-refractivity contribution is 5.84. The van der Waals surface area contributed by atoms with Crippen molar-refractivity contribution < 1.29 is 14.3 Å². The van der Waals surface area contributed by atoms with E-state index in [9.17, 15) is 4.79 Å². The summed E-state index contributed by atoms with van der Waals surface area (Å²) >= 11 is 0. The first-order chi connectivity index (χ1) is 14.8. The Morgan fingerprint density at radius 1 is 0.677 bits per heavy atom. The van der Waals surface area contributed by atoms with Gasteiger partial charge in [-0.3, -0.25) is 0 Å². The zero-order valence-electron chi connectivity index (χ0n) is 19.1. The monoisotopic (exact) mass is 416 g/mol. The van der Waals surface area contributed by atoms with Crippen LogP contribution >= 0.6 is 0 Å². The maximum absolute atomic E-state index is 14.1. The second-order valence-electron chi connectivity index (χ2n) is 8.74. The average Bonchev–Trinajstić information content (AvgIpc) is 2.78. The molecule has 0 aliphatic carbocycles. The fourth-order valence-electron chi connectivity index (χ4n) is 4.21. The summed E-state index contributed by atoms with van der Waals surface area (Å²) in [5, 5.41) is 0. The van der Waals surface area contributed by atoms with Crippen LogP contribution in [-0.4, -0.2) is 12.6 Å². The third kappa shape index (κ3) is 4.28. The molecule has 0 spiro atoms. The quantitative estimate of drug-likeness (QED) is 0.400. The molecular weight excluding hydrogens is 384 g/mol. The summed E-state index contributed by atoms with van der Waals surface area (Å²) in [5.74, 6) is -0.400. The van der Waals surface area contributed by atoms with Crippen molar-refractivity contribution in [3.63, 3.8) is 0 Å². The Morgan fingerprint density at radius 2 is 1.10 bits per heavy atom. The maximum Gasteiger partial charge on any atom is 0.344 e. The van der Waals surface area contributed by atoms with E-state index in [4.69, 9.17) is 9.47 Å². The Balaban J connectivity index is 2.17. The molecule has 3 nitrogen and oxygen atoms in total. The smallest absolute Gasteiger partial charge is 0.344 e. The van der Waals surface area contributed by atoms with Crippen molar-refractivity contribution in [2.75, 3.05) is 6.61 Å². The molecule has 0 saturated heterocycles. The summed E-state index contributed by atoms with van der Waals surface area (Å²) < 4.78 is 12.6. The van der Waals surface area contributed by atoms with Gasteiger partial charge in [-0.1, -0.05) is 105 Å². The normalized spacial score (nSPS) is 14.0. The minimum atomic E-state index is -1.32. The third-order valence-corrected chi connectivity index (χ3v) is 6.02. The fourth-order valence-corrected chi connectivity index (χ4v) is 4.21. The van der Waals surface area contributed by atoms with Gasteiger partial charge >= 0.3 is 5.97 Å². The summed E-state index contributed by atoms with van der Waals surface area (Å²) in [6.07, 6.45) is 0. The minimum absolute atomic E-state index is 0.367. The van der Waals surface area contributed by atoms with Gasteiger partial charge in [-0.25, -0.2) is 4.79 Å². The predicted molar refractivity (Wildman–Crippen MR) is 125 cm³/mol. The van der Waals surface area contributed by atoms with Crippen LogP contribution in [0.25, 0.3) is 0 Å². The van der Waals surface area contributed by atoms with E-state index in [-0.39, 0.29) is 0 Å². The van der Waals surface area contributed by atoms with Crippen molar-refractivity contribution in [1.82, 2.24) is 0 Å². The number of rotatable bonds is 8. The lowest BCUT2D eigenvalue weighted by Gasteiger charge is -2.46. The molecule has 3 aromatic carbocycles. The lowest BCUT2D eigenvalue weighted by atomic mass is 9.66. The second-order valence-corrected chi connectivity index (χ2v) is 8.74. The van der Waals surface area contributed by atoms with E-state index >= 15 is 0 Å². The minimum Gasteiger partial charge on any atom is -0.452 e. The van der Waals surface area contributed by atoms with E-state index in [1.165, 1.54) is 0 Å². The van der Waals surface area contributed by atoms with Gasteiger partial charge in [0.15, 0.2) is 5.60 Å². The van der Waals surface area contributed by atoms with Gasteiger partial charge in [0.1, 0.15) is 5.60 Å². The molecule has 162 valence electrons. The molecule has 0 radical (unpaired) electrons. The average molecular weight is 417 g/mol. The fraction of sp³-hybridized carbons (Fsp3) is 0.321. The molecule has 0 aliphatic heterocycles. The summed E-state index contributed by atoms with van der Waals surface area (Å²) in [6.45, 7) is 10.2. The summed E-state index contributed by atoms with van der Waals surface area (Å²) in [4.78, 5) is 14.1. The predicted octanol–water partition coefficient (Wildman–Crippen LogP) is 6.37. The van der Waals surface area contributed by atoms with Crippen LogP contribution in [0.1, 0.15) is 51.3 Å². The van der Waals surface area contributed by atoms with E-state index in [0.29, 0.717) is 6.61 Å². The summed E-state index contributed by atoms with van der Waals surface area (Å²) in [5.41, 5.74) is -0.130. The molecule has 0 fully saturated rings. The Hall–Kier alpha value is -2.91. The Bertz CT molecular complexity index is 979. The molecule has 0 amide bonds. The molecule has 0 saturated carbocycles. The summed E-state index contributed by atoms with van der Waals surface area (Å²) in [7, 11) is 0. The number of carbonyl (C=O) groups excluding carboxylic acids is 1. The van der Waals surface area contributed by atoms with Crippen molar-refractivity contribution in [2.45, 2.75) is 51.2 Å². The van der Waals surface area contributed by atoms with E-state index < -0.39 is 22.6 Å². The van der Waals surface area contributed by atoms with Crippen LogP contribution in [0.5, 0.6) is 0 Å². The topological polar surface area (TPSA) is 35.5 Å². The van der Waals surface area contributed by atoms with Crippen LogP contribution in [0.3, 0.4) is 0 Å². The van der Waals surface area contributed by atoms with Gasteiger partial charge in [0, 0.05) is 12.0 Å². The number of benzene rings is 3. The van der Waals surface area contributed by atoms with Crippen LogP contribution in [0.2, 0.25) is 0 Å². The van der Waals surface area contributed by atoms with Crippen molar-refractivity contribution >= 4 is 5.97 Å². The molecule has 0 heterocycles. The molecule has 3 rings (SSSR count). The highest BCUT2D eigenvalue weighted by Crippen LogP contribution is 2.47. The Morgan fingerprint density at radius 3 is 1.55 bits per heavy atom. The number of carbonyl (C=O) groups is 1. The number of ether oxygens (including phenoxy) is 2. The van der Waals surface area contributed by atoms with E-state index in [1.54, 1.807) is 0 Å². The van der Waals surface area contributed by atoms with E-state index in [2.05, 4.69) is 0 Å². The van der Waals surface area contributed by atoms with Gasteiger partial charge in [-0.2, -0.15) is 0 Å². The lowest BCUT2D eigenvalue weighted by Crippen LogP contribution is -2.55. The molecule has 0 bridgehead atoms. The van der Waals surface area contributed by atoms with Gasteiger partial charge in [-0.05, 0) is 37.5 Å². The molecule has 3 heteroatoms. The van der Waals surface area contributed by atoms with Crippen LogP contribution in [-0.2, 0) is 30.9 Å². The second kappa shape index (κ2) is 9.07. The zero-order valence-corrected chi connectivity index (χ0v) is 19.1. The van der Waals surface area contributed by atoms with Crippen LogP contribution in [0, 0.1) is 0 Å². The first kappa shape index (κ1) is 22.8. The third-order valence-electron chi connectivity index (χ3n) is 6.02. The molecule has 1 atom stereocenters. The largest absolute Gasteiger partial charge is 0.452 e. The first-order valence-corrected chi connectivity index (χ1v) is 10.8. The summed E-state index contributed by atoms with van der Waals surface area (Å²) in [6, 6.07) is 29.5. The zero-order chi connectivity index (χ0) is 22.5.